The number of allylic oxidation sites excluding steroid dienone is 3. The van der Waals surface area contributed by atoms with Crippen LogP contribution in [0.25, 0.3) is 0 Å². The minimum absolute atomic E-state index is 0.0619. The van der Waals surface area contributed by atoms with Crippen molar-refractivity contribution in [2.75, 3.05) is 24.6 Å². The van der Waals surface area contributed by atoms with Crippen molar-refractivity contribution >= 4 is 15.7 Å². The molecule has 0 spiro atoms. The first kappa shape index (κ1) is 30.1. The molecule has 36 heavy (non-hydrogen) atoms. The Morgan fingerprint density at radius 2 is 1.92 bits per heavy atom. The molecular weight excluding hydrogens is 488 g/mol. The number of carbonyl (C=O) groups is 1. The van der Waals surface area contributed by atoms with Crippen molar-refractivity contribution in [2.45, 2.75) is 64.1 Å². The molecule has 0 heterocycles. The lowest BCUT2D eigenvalue weighted by Crippen LogP contribution is -2.54. The number of nitrogens with two attached hydrogens (primary N) is 1. The number of aliphatic hydroxyl groups is 1. The van der Waals surface area contributed by atoms with Gasteiger partial charge in [-0.25, -0.2) is 17.2 Å². The van der Waals surface area contributed by atoms with E-state index in [-0.39, 0.29) is 30.2 Å². The molecular formula is C26H39F2N3O4S. The lowest BCUT2D eigenvalue weighted by atomic mass is 9.94. The number of hydrogen-bond donors (Lipinski definition) is 4. The molecule has 7 nitrogen and oxygen atoms in total. The molecule has 0 saturated heterocycles. The van der Waals surface area contributed by atoms with E-state index in [0.717, 1.165) is 31.0 Å². The summed E-state index contributed by atoms with van der Waals surface area (Å²) in [5, 5.41) is 16.7. The Morgan fingerprint density at radius 1 is 1.22 bits per heavy atom. The van der Waals surface area contributed by atoms with Gasteiger partial charge in [-0.3, -0.25) is 4.79 Å². The van der Waals surface area contributed by atoms with E-state index in [1.165, 1.54) is 5.57 Å². The maximum atomic E-state index is 13.7. The van der Waals surface area contributed by atoms with Gasteiger partial charge >= 0.3 is 0 Å². The summed E-state index contributed by atoms with van der Waals surface area (Å²) in [6.45, 7) is 4.66. The van der Waals surface area contributed by atoms with Crippen molar-refractivity contribution in [1.29, 1.82) is 0 Å². The smallest absolute Gasteiger partial charge is 0.238 e. The highest BCUT2D eigenvalue weighted by atomic mass is 32.2. The topological polar surface area (TPSA) is 122 Å². The fraction of sp³-hybridized carbons (Fsp3) is 0.577. The van der Waals surface area contributed by atoms with Crippen LogP contribution in [0.4, 0.5) is 8.78 Å². The van der Waals surface area contributed by atoms with Gasteiger partial charge in [-0.05, 0) is 49.3 Å². The summed E-state index contributed by atoms with van der Waals surface area (Å²) < 4.78 is 51.9. The molecule has 10 heteroatoms. The fourth-order valence-corrected chi connectivity index (χ4v) is 5.70. The maximum absolute atomic E-state index is 13.7. The van der Waals surface area contributed by atoms with E-state index >= 15 is 0 Å². The number of carbonyl (C=O) groups excluding carboxylic acids is 1. The number of aliphatic hydroxyl groups excluding tert-OH is 1. The van der Waals surface area contributed by atoms with Gasteiger partial charge in [0, 0.05) is 19.2 Å². The number of rotatable bonds is 15. The minimum Gasteiger partial charge on any atom is -0.390 e. The second-order valence-electron chi connectivity index (χ2n) is 9.39. The van der Waals surface area contributed by atoms with E-state index in [1.807, 2.05) is 6.92 Å². The van der Waals surface area contributed by atoms with Crippen LogP contribution in [0.1, 0.15) is 45.1 Å². The number of halogens is 2. The molecule has 5 N–H and O–H groups in total. The number of unbranched alkanes of at least 4 members (excludes halogenated alkanes) is 1. The van der Waals surface area contributed by atoms with E-state index in [4.69, 9.17) is 5.73 Å². The predicted molar refractivity (Wildman–Crippen MR) is 138 cm³/mol. The average molecular weight is 528 g/mol. The zero-order valence-corrected chi connectivity index (χ0v) is 21.9. The summed E-state index contributed by atoms with van der Waals surface area (Å²) in [7, 11) is -3.52. The third-order valence-electron chi connectivity index (χ3n) is 6.14. The van der Waals surface area contributed by atoms with E-state index < -0.39 is 51.3 Å². The molecule has 1 aliphatic rings. The SMILES string of the molecule is CCCCS(=O)(=O)C[C@H](N)C(=O)N[C@@H](Cc1cc(F)cc(F)c1)[C@H](O)CNCC1C=C(CC)C=CC1. The van der Waals surface area contributed by atoms with Crippen LogP contribution >= 0.6 is 0 Å². The molecule has 0 aromatic heterocycles. The van der Waals surface area contributed by atoms with Crippen molar-refractivity contribution in [2.24, 2.45) is 11.7 Å². The van der Waals surface area contributed by atoms with Crippen molar-refractivity contribution in [1.82, 2.24) is 10.6 Å². The van der Waals surface area contributed by atoms with E-state index in [1.54, 1.807) is 0 Å². The van der Waals surface area contributed by atoms with Crippen LogP contribution in [-0.4, -0.2) is 62.2 Å². The quantitative estimate of drug-likeness (QED) is 0.278. The Morgan fingerprint density at radius 3 is 2.56 bits per heavy atom. The van der Waals surface area contributed by atoms with Crippen molar-refractivity contribution in [3.8, 4) is 0 Å². The zero-order chi connectivity index (χ0) is 26.7. The molecule has 1 amide bonds. The van der Waals surface area contributed by atoms with Gasteiger partial charge in [-0.2, -0.15) is 0 Å². The molecule has 0 aliphatic heterocycles. The van der Waals surface area contributed by atoms with Crippen LogP contribution in [-0.2, 0) is 21.1 Å². The van der Waals surface area contributed by atoms with Gasteiger partial charge in [0.1, 0.15) is 11.6 Å². The van der Waals surface area contributed by atoms with E-state index in [2.05, 4.69) is 35.8 Å². The van der Waals surface area contributed by atoms with E-state index in [0.29, 0.717) is 19.4 Å². The predicted octanol–water partition coefficient (Wildman–Crippen LogP) is 2.40. The number of benzene rings is 1. The first-order valence-electron chi connectivity index (χ1n) is 12.5. The van der Waals surface area contributed by atoms with Crippen LogP contribution in [0.15, 0.2) is 42.0 Å². The molecule has 0 fully saturated rings. The number of sulfone groups is 1. The summed E-state index contributed by atoms with van der Waals surface area (Å²) in [6.07, 6.45) is 8.19. The summed E-state index contributed by atoms with van der Waals surface area (Å²) in [5.41, 5.74) is 7.36. The Kier molecular flexibility index (Phi) is 12.2. The van der Waals surface area contributed by atoms with E-state index in [9.17, 15) is 27.1 Å². The largest absolute Gasteiger partial charge is 0.390 e. The molecule has 4 atom stereocenters. The summed E-state index contributed by atoms with van der Waals surface area (Å²) >= 11 is 0. The standard InChI is InChI=1S/C26H39F2N3O4S/c1-3-5-9-36(34,35)17-23(29)26(33)31-24(13-20-11-21(27)14-22(28)12-20)25(32)16-30-15-19-8-6-7-18(4-2)10-19/h6-7,10-12,14,19,23-25,30,32H,3-5,8-9,13,15-17,29H2,1-2H3,(H,31,33)/t19?,23-,24-,25+/m0/s1. The number of nitrogens with one attached hydrogen (secondary N) is 2. The number of amides is 1. The van der Waals surface area contributed by atoms with Crippen LogP contribution in [0, 0.1) is 17.6 Å². The monoisotopic (exact) mass is 527 g/mol. The molecule has 0 saturated carbocycles. The summed E-state index contributed by atoms with van der Waals surface area (Å²) in [4.78, 5) is 12.7. The molecule has 1 aromatic carbocycles. The second-order valence-corrected chi connectivity index (χ2v) is 11.6. The molecule has 0 bridgehead atoms. The highest BCUT2D eigenvalue weighted by Crippen LogP contribution is 2.18. The Hall–Kier alpha value is -2.14. The highest BCUT2D eigenvalue weighted by molar-refractivity contribution is 7.91. The highest BCUT2D eigenvalue weighted by Gasteiger charge is 2.27. The number of hydrogen-bond acceptors (Lipinski definition) is 6. The molecule has 2 rings (SSSR count). The van der Waals surface area contributed by atoms with Crippen LogP contribution in [0.2, 0.25) is 0 Å². The first-order valence-corrected chi connectivity index (χ1v) is 14.3. The fourth-order valence-electron chi connectivity index (χ4n) is 4.11. The Bertz CT molecular complexity index is 1010. The lowest BCUT2D eigenvalue weighted by Gasteiger charge is -2.27. The van der Waals surface area contributed by atoms with Gasteiger partial charge in [0.15, 0.2) is 9.84 Å². The molecule has 0 radical (unpaired) electrons. The molecule has 1 aromatic rings. The molecule has 1 unspecified atom stereocenters. The first-order chi connectivity index (χ1) is 17.0. The lowest BCUT2D eigenvalue weighted by molar-refractivity contribution is -0.123. The third-order valence-corrected chi connectivity index (χ3v) is 7.92. The van der Waals surface area contributed by atoms with Crippen LogP contribution in [0.3, 0.4) is 0 Å². The van der Waals surface area contributed by atoms with Crippen LogP contribution in [0.5, 0.6) is 0 Å². The maximum Gasteiger partial charge on any atom is 0.238 e. The third kappa shape index (κ3) is 10.5. The van der Waals surface area contributed by atoms with Crippen molar-refractivity contribution in [3.05, 3.63) is 59.2 Å². The average Bonchev–Trinajstić information content (AvgIpc) is 2.81. The zero-order valence-electron chi connectivity index (χ0n) is 21.1. The van der Waals surface area contributed by atoms with Crippen LogP contribution < -0.4 is 16.4 Å². The Labute approximate surface area is 213 Å². The van der Waals surface area contributed by atoms with Gasteiger partial charge in [0.05, 0.1) is 29.7 Å². The summed E-state index contributed by atoms with van der Waals surface area (Å²) in [6, 6.07) is 0.725. The van der Waals surface area contributed by atoms with Crippen molar-refractivity contribution in [3.63, 3.8) is 0 Å². The normalized spacial score (nSPS) is 18.4. The minimum atomic E-state index is -3.52. The van der Waals surface area contributed by atoms with Crippen molar-refractivity contribution < 1.29 is 27.1 Å². The van der Waals surface area contributed by atoms with Gasteiger partial charge in [0.2, 0.25) is 5.91 Å². The van der Waals surface area contributed by atoms with Gasteiger partial charge in [0.25, 0.3) is 0 Å². The van der Waals surface area contributed by atoms with Gasteiger partial charge < -0.3 is 21.5 Å². The Balaban J connectivity index is 2.06. The second kappa shape index (κ2) is 14.6. The van der Waals surface area contributed by atoms with Gasteiger partial charge in [-0.1, -0.05) is 44.1 Å². The molecule has 1 aliphatic carbocycles. The summed E-state index contributed by atoms with van der Waals surface area (Å²) in [5.74, 6) is -2.60. The molecule has 202 valence electrons. The van der Waals surface area contributed by atoms with Gasteiger partial charge in [-0.15, -0.1) is 0 Å².